The van der Waals surface area contributed by atoms with Crippen LogP contribution in [0.2, 0.25) is 0 Å². The van der Waals surface area contributed by atoms with Gasteiger partial charge in [-0.05, 0) is 44.4 Å². The van der Waals surface area contributed by atoms with Crippen LogP contribution in [-0.2, 0) is 6.42 Å². The second-order valence-corrected chi connectivity index (χ2v) is 5.72. The van der Waals surface area contributed by atoms with E-state index < -0.39 is 0 Å². The van der Waals surface area contributed by atoms with Crippen LogP contribution in [0.3, 0.4) is 0 Å². The average Bonchev–Trinajstić information content (AvgIpc) is 2.55. The molecule has 0 aromatic heterocycles. The van der Waals surface area contributed by atoms with Gasteiger partial charge in [-0.25, -0.2) is 0 Å². The average molecular weight is 232 g/mol. The summed E-state index contributed by atoms with van der Waals surface area (Å²) < 4.78 is 0. The third kappa shape index (κ3) is 2.47. The van der Waals surface area contributed by atoms with Crippen LogP contribution in [0.25, 0.3) is 0 Å². The number of anilines is 1. The molecule has 2 N–H and O–H groups in total. The molecule has 2 nitrogen and oxygen atoms in total. The van der Waals surface area contributed by atoms with Crippen molar-refractivity contribution in [3.63, 3.8) is 0 Å². The summed E-state index contributed by atoms with van der Waals surface area (Å²) in [6.07, 6.45) is 0.966. The van der Waals surface area contributed by atoms with Gasteiger partial charge >= 0.3 is 0 Å². The van der Waals surface area contributed by atoms with Crippen LogP contribution in [0.15, 0.2) is 18.2 Å². The summed E-state index contributed by atoms with van der Waals surface area (Å²) in [6, 6.07) is 7.67. The maximum atomic E-state index is 5.88. The molecule has 0 bridgehead atoms. The molecule has 0 fully saturated rings. The summed E-state index contributed by atoms with van der Waals surface area (Å²) in [6.45, 7) is 10.1. The number of nitrogens with zero attached hydrogens (tertiary/aromatic N) is 1. The number of benzene rings is 1. The Labute approximate surface area is 105 Å². The smallest absolute Gasteiger partial charge is 0.0407 e. The Morgan fingerprint density at radius 1 is 1.35 bits per heavy atom. The van der Waals surface area contributed by atoms with E-state index in [-0.39, 0.29) is 6.04 Å². The normalized spacial score (nSPS) is 20.8. The maximum absolute atomic E-state index is 5.88. The van der Waals surface area contributed by atoms with Crippen molar-refractivity contribution in [3.8, 4) is 0 Å². The second-order valence-electron chi connectivity index (χ2n) is 5.72. The summed E-state index contributed by atoms with van der Waals surface area (Å²) in [4.78, 5) is 2.50. The molecule has 1 heterocycles. The van der Waals surface area contributed by atoms with Crippen LogP contribution in [0.5, 0.6) is 0 Å². The zero-order chi connectivity index (χ0) is 12.6. The lowest BCUT2D eigenvalue weighted by Gasteiger charge is -2.24. The monoisotopic (exact) mass is 232 g/mol. The van der Waals surface area contributed by atoms with Gasteiger partial charge < -0.3 is 10.6 Å². The van der Waals surface area contributed by atoms with Crippen molar-refractivity contribution >= 4 is 5.69 Å². The molecule has 0 saturated carbocycles. The predicted molar refractivity (Wildman–Crippen MR) is 74.7 cm³/mol. The van der Waals surface area contributed by atoms with Crippen molar-refractivity contribution in [2.45, 2.75) is 52.1 Å². The van der Waals surface area contributed by atoms with Crippen LogP contribution in [0, 0.1) is 0 Å². The lowest BCUT2D eigenvalue weighted by molar-refractivity contribution is 0.669. The van der Waals surface area contributed by atoms with Crippen molar-refractivity contribution < 1.29 is 0 Å². The van der Waals surface area contributed by atoms with Gasteiger partial charge in [0.15, 0.2) is 0 Å². The molecule has 2 rings (SSSR count). The Bertz CT molecular complexity index is 396. The van der Waals surface area contributed by atoms with E-state index >= 15 is 0 Å². The van der Waals surface area contributed by atoms with Crippen LogP contribution in [-0.4, -0.2) is 18.6 Å². The highest BCUT2D eigenvalue weighted by atomic mass is 15.2. The summed E-state index contributed by atoms with van der Waals surface area (Å²) in [5.74, 6) is 0.650. The first kappa shape index (κ1) is 12.4. The van der Waals surface area contributed by atoms with Crippen LogP contribution in [0.1, 0.15) is 44.7 Å². The first-order valence-electron chi connectivity index (χ1n) is 6.64. The highest BCUT2D eigenvalue weighted by Crippen LogP contribution is 2.37. The van der Waals surface area contributed by atoms with E-state index in [0.29, 0.717) is 12.0 Å². The first-order valence-corrected chi connectivity index (χ1v) is 6.64. The molecule has 0 saturated heterocycles. The molecule has 1 aliphatic heterocycles. The summed E-state index contributed by atoms with van der Waals surface area (Å²) in [5, 5.41) is 0. The highest BCUT2D eigenvalue weighted by Gasteiger charge is 2.27. The van der Waals surface area contributed by atoms with Crippen LogP contribution < -0.4 is 10.6 Å². The molecule has 0 spiro atoms. The lowest BCUT2D eigenvalue weighted by Crippen LogP contribution is -2.29. The van der Waals surface area contributed by atoms with Gasteiger partial charge in [0.25, 0.3) is 0 Å². The molecular weight excluding hydrogens is 208 g/mol. The standard InChI is InChI=1S/C15H24N2/c1-10(2)17-9-11(3)14-6-5-13(7-12(4)16)8-15(14)17/h5-6,8,10-12H,7,9,16H2,1-4H3. The van der Waals surface area contributed by atoms with Gasteiger partial charge in [-0.3, -0.25) is 0 Å². The molecule has 17 heavy (non-hydrogen) atoms. The molecule has 1 aliphatic rings. The SMILES string of the molecule is CC(N)Cc1ccc2c(c1)N(C(C)C)CC2C. The molecule has 1 aromatic carbocycles. The fourth-order valence-electron chi connectivity index (χ4n) is 2.73. The van der Waals surface area contributed by atoms with Crippen LogP contribution in [0.4, 0.5) is 5.69 Å². The van der Waals surface area contributed by atoms with Crippen LogP contribution >= 0.6 is 0 Å². The van der Waals surface area contributed by atoms with Gasteiger partial charge in [-0.2, -0.15) is 0 Å². The van der Waals surface area contributed by atoms with E-state index in [1.165, 1.54) is 16.8 Å². The van der Waals surface area contributed by atoms with E-state index in [1.807, 2.05) is 0 Å². The molecule has 2 unspecified atom stereocenters. The third-order valence-electron chi connectivity index (χ3n) is 3.59. The lowest BCUT2D eigenvalue weighted by atomic mass is 9.99. The maximum Gasteiger partial charge on any atom is 0.0407 e. The van der Waals surface area contributed by atoms with Crippen molar-refractivity contribution in [2.24, 2.45) is 5.73 Å². The Balaban J connectivity index is 2.33. The summed E-state index contributed by atoms with van der Waals surface area (Å²) in [7, 11) is 0. The van der Waals surface area contributed by atoms with Crippen molar-refractivity contribution in [3.05, 3.63) is 29.3 Å². The zero-order valence-corrected chi connectivity index (χ0v) is 11.4. The molecule has 2 atom stereocenters. The Morgan fingerprint density at radius 3 is 2.65 bits per heavy atom. The Hall–Kier alpha value is -1.02. The van der Waals surface area contributed by atoms with Gasteiger partial charge in [-0.15, -0.1) is 0 Å². The molecule has 0 radical (unpaired) electrons. The minimum Gasteiger partial charge on any atom is -0.368 e. The van der Waals surface area contributed by atoms with E-state index in [2.05, 4.69) is 50.8 Å². The topological polar surface area (TPSA) is 29.3 Å². The number of hydrogen-bond acceptors (Lipinski definition) is 2. The number of rotatable bonds is 3. The number of hydrogen-bond donors (Lipinski definition) is 1. The number of fused-ring (bicyclic) bond motifs is 1. The van der Waals surface area contributed by atoms with Gasteiger partial charge in [0.05, 0.1) is 0 Å². The van der Waals surface area contributed by atoms with E-state index in [4.69, 9.17) is 5.73 Å². The summed E-state index contributed by atoms with van der Waals surface area (Å²) >= 11 is 0. The van der Waals surface area contributed by atoms with Crippen molar-refractivity contribution in [2.75, 3.05) is 11.4 Å². The quantitative estimate of drug-likeness (QED) is 0.868. The molecule has 94 valence electrons. The molecule has 1 aromatic rings. The highest BCUT2D eigenvalue weighted by molar-refractivity contribution is 5.62. The van der Waals surface area contributed by atoms with Gasteiger partial charge in [-0.1, -0.05) is 19.1 Å². The predicted octanol–water partition coefficient (Wildman–Crippen LogP) is 2.91. The van der Waals surface area contributed by atoms with E-state index in [0.717, 1.165) is 13.0 Å². The molecule has 2 heteroatoms. The molecule has 0 amide bonds. The van der Waals surface area contributed by atoms with E-state index in [1.54, 1.807) is 0 Å². The third-order valence-corrected chi connectivity index (χ3v) is 3.59. The molecular formula is C15H24N2. The van der Waals surface area contributed by atoms with Crippen molar-refractivity contribution in [1.82, 2.24) is 0 Å². The fraction of sp³-hybridized carbons (Fsp3) is 0.600. The van der Waals surface area contributed by atoms with Gasteiger partial charge in [0.1, 0.15) is 0 Å². The minimum absolute atomic E-state index is 0.236. The van der Waals surface area contributed by atoms with Gasteiger partial charge in [0.2, 0.25) is 0 Å². The van der Waals surface area contributed by atoms with Gasteiger partial charge in [0, 0.05) is 30.2 Å². The summed E-state index contributed by atoms with van der Waals surface area (Å²) in [5.41, 5.74) is 10.2. The van der Waals surface area contributed by atoms with Crippen molar-refractivity contribution in [1.29, 1.82) is 0 Å². The number of nitrogens with two attached hydrogens (primary N) is 1. The Kier molecular flexibility index (Phi) is 3.43. The Morgan fingerprint density at radius 2 is 2.06 bits per heavy atom. The first-order chi connectivity index (χ1) is 7.99. The van der Waals surface area contributed by atoms with E-state index in [9.17, 15) is 0 Å². The fourth-order valence-corrected chi connectivity index (χ4v) is 2.73. The second kappa shape index (κ2) is 4.69. The largest absolute Gasteiger partial charge is 0.368 e. The minimum atomic E-state index is 0.236. The molecule has 0 aliphatic carbocycles. The zero-order valence-electron chi connectivity index (χ0n) is 11.4.